The minimum atomic E-state index is 0.0178. The summed E-state index contributed by atoms with van der Waals surface area (Å²) in [5.74, 6) is 0.664. The number of hydrogen-bond acceptors (Lipinski definition) is 2. The van der Waals surface area contributed by atoms with E-state index in [2.05, 4.69) is 15.9 Å². The van der Waals surface area contributed by atoms with E-state index in [1.807, 2.05) is 49.4 Å². The van der Waals surface area contributed by atoms with Crippen molar-refractivity contribution in [1.82, 2.24) is 0 Å². The summed E-state index contributed by atoms with van der Waals surface area (Å²) in [6, 6.07) is 13.6. The maximum atomic E-state index is 7.55. The third-order valence-corrected chi connectivity index (χ3v) is 3.20. The molecule has 0 aromatic heterocycles. The molecular weight excluding hydrogens is 304 g/mol. The molecule has 0 spiro atoms. The van der Waals surface area contributed by atoms with Gasteiger partial charge in [-0.1, -0.05) is 34.1 Å². The van der Waals surface area contributed by atoms with E-state index in [0.29, 0.717) is 17.9 Å². The highest BCUT2D eigenvalue weighted by Gasteiger charge is 2.07. The molecule has 0 fully saturated rings. The number of amidine groups is 1. The lowest BCUT2D eigenvalue weighted by molar-refractivity contribution is 0.305. The number of nitrogens with two attached hydrogens (primary N) is 1. The second-order valence-corrected chi connectivity index (χ2v) is 5.25. The average molecular weight is 319 g/mol. The number of nitrogens with one attached hydrogen (secondary N) is 1. The summed E-state index contributed by atoms with van der Waals surface area (Å²) < 4.78 is 6.80. The van der Waals surface area contributed by atoms with E-state index in [1.54, 1.807) is 0 Å². The molecule has 0 amide bonds. The number of benzene rings is 2. The largest absolute Gasteiger partial charge is 0.488 e. The fourth-order valence-electron chi connectivity index (χ4n) is 1.76. The highest BCUT2D eigenvalue weighted by molar-refractivity contribution is 9.10. The minimum Gasteiger partial charge on any atom is -0.488 e. The number of hydrogen-bond donors (Lipinski definition) is 2. The monoisotopic (exact) mass is 318 g/mol. The first kappa shape index (κ1) is 13.6. The van der Waals surface area contributed by atoms with Gasteiger partial charge < -0.3 is 10.5 Å². The van der Waals surface area contributed by atoms with E-state index in [4.69, 9.17) is 15.9 Å². The Kier molecular flexibility index (Phi) is 4.22. The number of aryl methyl sites for hydroxylation is 1. The first-order valence-electron chi connectivity index (χ1n) is 5.88. The molecule has 0 bridgehead atoms. The second-order valence-electron chi connectivity index (χ2n) is 4.33. The Morgan fingerprint density at radius 2 is 2.05 bits per heavy atom. The third-order valence-electron chi connectivity index (χ3n) is 2.71. The maximum Gasteiger partial charge on any atom is 0.130 e. The van der Waals surface area contributed by atoms with E-state index < -0.39 is 0 Å². The summed E-state index contributed by atoms with van der Waals surface area (Å²) in [4.78, 5) is 0. The van der Waals surface area contributed by atoms with Gasteiger partial charge in [-0.2, -0.15) is 0 Å². The number of ether oxygens (including phenoxy) is 1. The molecule has 0 aliphatic heterocycles. The molecule has 3 N–H and O–H groups in total. The van der Waals surface area contributed by atoms with Crippen LogP contribution < -0.4 is 10.5 Å². The van der Waals surface area contributed by atoms with Crippen LogP contribution in [0.1, 0.15) is 16.7 Å². The van der Waals surface area contributed by atoms with Crippen molar-refractivity contribution >= 4 is 21.8 Å². The number of nitrogen functional groups attached to an aromatic ring is 1. The van der Waals surface area contributed by atoms with Crippen LogP contribution in [-0.4, -0.2) is 5.84 Å². The lowest BCUT2D eigenvalue weighted by Crippen LogP contribution is -2.13. The van der Waals surface area contributed by atoms with Crippen LogP contribution in [0, 0.1) is 12.3 Å². The van der Waals surface area contributed by atoms with Crippen molar-refractivity contribution in [2.45, 2.75) is 13.5 Å². The molecule has 98 valence electrons. The highest BCUT2D eigenvalue weighted by atomic mass is 79.9. The van der Waals surface area contributed by atoms with Crippen LogP contribution in [0.2, 0.25) is 0 Å². The molecule has 0 atom stereocenters. The van der Waals surface area contributed by atoms with Crippen LogP contribution in [0.3, 0.4) is 0 Å². The van der Waals surface area contributed by atoms with Crippen molar-refractivity contribution < 1.29 is 4.74 Å². The van der Waals surface area contributed by atoms with Gasteiger partial charge in [0.15, 0.2) is 0 Å². The van der Waals surface area contributed by atoms with Crippen LogP contribution >= 0.6 is 15.9 Å². The molecule has 0 heterocycles. The zero-order chi connectivity index (χ0) is 13.8. The molecule has 0 saturated heterocycles. The Labute approximate surface area is 121 Å². The topological polar surface area (TPSA) is 59.1 Å². The van der Waals surface area contributed by atoms with Crippen LogP contribution in [0.4, 0.5) is 0 Å². The summed E-state index contributed by atoms with van der Waals surface area (Å²) in [7, 11) is 0. The quantitative estimate of drug-likeness (QED) is 0.668. The summed E-state index contributed by atoms with van der Waals surface area (Å²) in [5.41, 5.74) is 8.32. The van der Waals surface area contributed by atoms with Gasteiger partial charge in [-0.25, -0.2) is 0 Å². The summed E-state index contributed by atoms with van der Waals surface area (Å²) >= 11 is 3.43. The molecule has 4 heteroatoms. The van der Waals surface area contributed by atoms with Crippen molar-refractivity contribution in [1.29, 1.82) is 5.41 Å². The van der Waals surface area contributed by atoms with E-state index in [-0.39, 0.29) is 5.84 Å². The molecule has 0 saturated carbocycles. The van der Waals surface area contributed by atoms with Crippen LogP contribution in [0.15, 0.2) is 46.9 Å². The van der Waals surface area contributed by atoms with Gasteiger partial charge in [0.25, 0.3) is 0 Å². The Bertz CT molecular complexity index is 611. The molecule has 3 nitrogen and oxygen atoms in total. The highest BCUT2D eigenvalue weighted by Crippen LogP contribution is 2.21. The minimum absolute atomic E-state index is 0.0178. The van der Waals surface area contributed by atoms with E-state index in [0.717, 1.165) is 15.6 Å². The summed E-state index contributed by atoms with van der Waals surface area (Å²) in [6.07, 6.45) is 0. The summed E-state index contributed by atoms with van der Waals surface area (Å²) in [5, 5.41) is 7.55. The zero-order valence-electron chi connectivity index (χ0n) is 10.6. The molecule has 2 rings (SSSR count). The van der Waals surface area contributed by atoms with E-state index >= 15 is 0 Å². The first-order chi connectivity index (χ1) is 9.06. The lowest BCUT2D eigenvalue weighted by Gasteiger charge is -2.11. The fraction of sp³-hybridized carbons (Fsp3) is 0.133. The Balaban J connectivity index is 2.19. The Morgan fingerprint density at radius 1 is 1.26 bits per heavy atom. The van der Waals surface area contributed by atoms with Crippen molar-refractivity contribution in [3.8, 4) is 5.75 Å². The van der Waals surface area contributed by atoms with Gasteiger partial charge in [-0.3, -0.25) is 5.41 Å². The van der Waals surface area contributed by atoms with Gasteiger partial charge in [-0.05, 0) is 42.3 Å². The lowest BCUT2D eigenvalue weighted by atomic mass is 10.1. The van der Waals surface area contributed by atoms with Gasteiger partial charge in [0.1, 0.15) is 18.2 Å². The van der Waals surface area contributed by atoms with Crippen LogP contribution in [0.25, 0.3) is 0 Å². The van der Waals surface area contributed by atoms with Crippen molar-refractivity contribution in [2.24, 2.45) is 5.73 Å². The number of halogens is 1. The van der Waals surface area contributed by atoms with Gasteiger partial charge in [-0.15, -0.1) is 0 Å². The fourth-order valence-corrected chi connectivity index (χ4v) is 2.21. The smallest absolute Gasteiger partial charge is 0.130 e. The van der Waals surface area contributed by atoms with Crippen LogP contribution in [0.5, 0.6) is 5.75 Å². The SMILES string of the molecule is Cc1ccc(C(=N)N)c(OCc2cccc(Br)c2)c1. The molecule has 2 aromatic carbocycles. The van der Waals surface area contributed by atoms with Crippen molar-refractivity contribution in [2.75, 3.05) is 0 Å². The normalized spacial score (nSPS) is 10.2. The maximum absolute atomic E-state index is 7.55. The second kappa shape index (κ2) is 5.89. The predicted molar refractivity (Wildman–Crippen MR) is 80.7 cm³/mol. The van der Waals surface area contributed by atoms with Crippen molar-refractivity contribution in [3.05, 3.63) is 63.6 Å². The van der Waals surface area contributed by atoms with Gasteiger partial charge >= 0.3 is 0 Å². The molecular formula is C15H15BrN2O. The van der Waals surface area contributed by atoms with Gasteiger partial charge in [0, 0.05) is 4.47 Å². The third kappa shape index (κ3) is 3.58. The first-order valence-corrected chi connectivity index (χ1v) is 6.68. The predicted octanol–water partition coefficient (Wildman–Crippen LogP) is 3.62. The standard InChI is InChI=1S/C15H15BrN2O/c1-10-5-6-13(15(17)18)14(7-10)19-9-11-3-2-4-12(16)8-11/h2-8H,9H2,1H3,(H3,17,18). The Hall–Kier alpha value is -1.81. The molecule has 2 aromatic rings. The molecule has 0 aliphatic rings. The average Bonchev–Trinajstić information content (AvgIpc) is 2.36. The Morgan fingerprint density at radius 3 is 2.74 bits per heavy atom. The van der Waals surface area contributed by atoms with E-state index in [9.17, 15) is 0 Å². The van der Waals surface area contributed by atoms with Crippen LogP contribution in [-0.2, 0) is 6.61 Å². The van der Waals surface area contributed by atoms with E-state index in [1.165, 1.54) is 0 Å². The molecule has 0 radical (unpaired) electrons. The summed E-state index contributed by atoms with van der Waals surface area (Å²) in [6.45, 7) is 2.43. The van der Waals surface area contributed by atoms with Gasteiger partial charge in [0.05, 0.1) is 5.56 Å². The number of rotatable bonds is 4. The molecule has 19 heavy (non-hydrogen) atoms. The van der Waals surface area contributed by atoms with Gasteiger partial charge in [0.2, 0.25) is 0 Å². The van der Waals surface area contributed by atoms with Crippen molar-refractivity contribution in [3.63, 3.8) is 0 Å². The molecule has 0 aliphatic carbocycles. The zero-order valence-corrected chi connectivity index (χ0v) is 12.2. The molecule has 0 unspecified atom stereocenters.